The van der Waals surface area contributed by atoms with E-state index >= 15 is 0 Å². The standard InChI is InChI=1S/C23H32N2O5.C2H4O2/c1-29-23(28)16-3-2-4-19(10-16)30-21-12-18-14-25(13-17(18)11-20(21)26)22(27)9-15-5-7-24-8-6-15;1-2(3)4/h2-4,10,15,17-18,20-21,24,26H,5-9,11-14H2,1H3;1H3,(H,3,4)/t17-,18+,20+,21+;/m0./s1. The zero-order valence-electron chi connectivity index (χ0n) is 19.9. The Morgan fingerprint density at radius 2 is 1.76 bits per heavy atom. The summed E-state index contributed by atoms with van der Waals surface area (Å²) in [6.45, 7) is 4.59. The first kappa shape index (κ1) is 26.0. The maximum absolute atomic E-state index is 12.8. The Morgan fingerprint density at radius 1 is 1.12 bits per heavy atom. The van der Waals surface area contributed by atoms with Gasteiger partial charge in [-0.1, -0.05) is 6.07 Å². The molecule has 3 aliphatic rings. The van der Waals surface area contributed by atoms with Crippen LogP contribution in [0.2, 0.25) is 0 Å². The van der Waals surface area contributed by atoms with Crippen LogP contribution in [-0.2, 0) is 14.3 Å². The lowest BCUT2D eigenvalue weighted by Crippen LogP contribution is -2.42. The first-order valence-electron chi connectivity index (χ1n) is 12.0. The normalized spacial score (nSPS) is 26.6. The number of hydrogen-bond donors (Lipinski definition) is 3. The minimum atomic E-state index is -0.833. The molecule has 0 unspecified atom stereocenters. The number of methoxy groups -OCH3 is 1. The molecule has 3 N–H and O–H groups in total. The molecule has 2 saturated heterocycles. The Bertz CT molecular complexity index is 851. The highest BCUT2D eigenvalue weighted by Gasteiger charge is 2.44. The zero-order valence-corrected chi connectivity index (χ0v) is 19.9. The summed E-state index contributed by atoms with van der Waals surface area (Å²) in [6.07, 6.45) is 3.24. The second-order valence-corrected chi connectivity index (χ2v) is 9.45. The van der Waals surface area contributed by atoms with E-state index in [9.17, 15) is 14.7 Å². The van der Waals surface area contributed by atoms with Gasteiger partial charge in [-0.25, -0.2) is 4.79 Å². The molecule has 9 heteroatoms. The molecule has 0 spiro atoms. The first-order valence-corrected chi connectivity index (χ1v) is 12.0. The number of amides is 1. The third kappa shape index (κ3) is 7.17. The van der Waals surface area contributed by atoms with Crippen LogP contribution in [-0.4, -0.2) is 78.5 Å². The molecule has 1 saturated carbocycles. The second kappa shape index (κ2) is 12.2. The zero-order chi connectivity index (χ0) is 24.7. The number of nitrogens with one attached hydrogen (secondary N) is 1. The van der Waals surface area contributed by atoms with Crippen molar-refractivity contribution in [2.75, 3.05) is 33.3 Å². The highest BCUT2D eigenvalue weighted by atomic mass is 16.5. The Labute approximate surface area is 200 Å². The lowest BCUT2D eigenvalue weighted by atomic mass is 9.78. The number of aliphatic hydroxyl groups excluding tert-OH is 1. The van der Waals surface area contributed by atoms with Gasteiger partial charge in [0.05, 0.1) is 18.8 Å². The van der Waals surface area contributed by atoms with Gasteiger partial charge in [0.15, 0.2) is 0 Å². The van der Waals surface area contributed by atoms with Crippen LogP contribution in [0.15, 0.2) is 24.3 Å². The summed E-state index contributed by atoms with van der Waals surface area (Å²) in [5.74, 6) is 0.734. The molecule has 1 aromatic rings. The summed E-state index contributed by atoms with van der Waals surface area (Å²) < 4.78 is 10.8. The van der Waals surface area contributed by atoms with Crippen molar-refractivity contribution in [3.05, 3.63) is 29.8 Å². The molecular formula is C25H36N2O7. The SMILES string of the molecule is CC(=O)O.COC(=O)c1cccc(O[C@@H]2C[C@@H]3CN(C(=O)CC4CCNCC4)C[C@@H]3C[C@H]2O)c1. The summed E-state index contributed by atoms with van der Waals surface area (Å²) in [5, 5.41) is 21.4. The number of ether oxygens (including phenoxy) is 2. The van der Waals surface area contributed by atoms with Gasteiger partial charge in [0.25, 0.3) is 5.97 Å². The molecule has 1 aromatic carbocycles. The number of esters is 1. The molecule has 2 heterocycles. The van der Waals surface area contributed by atoms with E-state index in [4.69, 9.17) is 19.4 Å². The number of fused-ring (bicyclic) bond motifs is 1. The van der Waals surface area contributed by atoms with Crippen LogP contribution in [0.1, 0.15) is 49.4 Å². The van der Waals surface area contributed by atoms with E-state index < -0.39 is 18.0 Å². The van der Waals surface area contributed by atoms with Crippen LogP contribution >= 0.6 is 0 Å². The second-order valence-electron chi connectivity index (χ2n) is 9.45. The number of hydrogen-bond acceptors (Lipinski definition) is 7. The predicted molar refractivity (Wildman–Crippen MR) is 125 cm³/mol. The van der Waals surface area contributed by atoms with Gasteiger partial charge < -0.3 is 29.9 Å². The molecule has 4 rings (SSSR count). The van der Waals surface area contributed by atoms with E-state index in [-0.39, 0.29) is 12.0 Å². The lowest BCUT2D eigenvalue weighted by Gasteiger charge is -2.35. The van der Waals surface area contributed by atoms with Gasteiger partial charge in [-0.3, -0.25) is 9.59 Å². The third-order valence-corrected chi connectivity index (χ3v) is 6.90. The highest BCUT2D eigenvalue weighted by molar-refractivity contribution is 5.89. The van der Waals surface area contributed by atoms with Gasteiger partial charge in [0.1, 0.15) is 11.9 Å². The van der Waals surface area contributed by atoms with Crippen molar-refractivity contribution < 1.29 is 34.1 Å². The van der Waals surface area contributed by atoms with Crippen LogP contribution in [0, 0.1) is 17.8 Å². The Kier molecular flexibility index (Phi) is 9.29. The third-order valence-electron chi connectivity index (χ3n) is 6.90. The molecule has 0 radical (unpaired) electrons. The van der Waals surface area contributed by atoms with Crippen LogP contribution in [0.5, 0.6) is 5.75 Å². The van der Waals surface area contributed by atoms with Gasteiger partial charge in [0, 0.05) is 26.4 Å². The Balaban J connectivity index is 0.000000751. The molecule has 3 fully saturated rings. The van der Waals surface area contributed by atoms with Crippen LogP contribution in [0.4, 0.5) is 0 Å². The van der Waals surface area contributed by atoms with Gasteiger partial charge in [0.2, 0.25) is 5.91 Å². The van der Waals surface area contributed by atoms with Crippen LogP contribution in [0.25, 0.3) is 0 Å². The molecule has 1 aliphatic carbocycles. The van der Waals surface area contributed by atoms with E-state index in [0.29, 0.717) is 48.3 Å². The van der Waals surface area contributed by atoms with E-state index in [1.165, 1.54) is 7.11 Å². The molecule has 0 aromatic heterocycles. The van der Waals surface area contributed by atoms with Gasteiger partial charge in [-0.05, 0) is 74.7 Å². The van der Waals surface area contributed by atoms with Gasteiger partial charge >= 0.3 is 5.97 Å². The minimum Gasteiger partial charge on any atom is -0.488 e. The molecule has 1 amide bonds. The van der Waals surface area contributed by atoms with Crippen molar-refractivity contribution in [1.82, 2.24) is 10.2 Å². The largest absolute Gasteiger partial charge is 0.488 e. The lowest BCUT2D eigenvalue weighted by molar-refractivity contribution is -0.134. The maximum Gasteiger partial charge on any atom is 0.337 e. The van der Waals surface area contributed by atoms with Crippen molar-refractivity contribution in [3.63, 3.8) is 0 Å². The number of carboxylic acid groups (broad SMARTS) is 1. The van der Waals surface area contributed by atoms with Crippen molar-refractivity contribution in [3.8, 4) is 5.75 Å². The Hall–Kier alpha value is -2.65. The fraction of sp³-hybridized carbons (Fsp3) is 0.640. The first-order chi connectivity index (χ1) is 16.3. The van der Waals surface area contributed by atoms with E-state index in [1.54, 1.807) is 24.3 Å². The molecule has 0 bridgehead atoms. The Morgan fingerprint density at radius 3 is 2.41 bits per heavy atom. The topological polar surface area (TPSA) is 125 Å². The van der Waals surface area contributed by atoms with E-state index in [1.807, 2.05) is 4.90 Å². The number of carbonyl (C=O) groups excluding carboxylic acids is 2. The number of nitrogens with zero attached hydrogens (tertiary/aromatic N) is 1. The quantitative estimate of drug-likeness (QED) is 0.551. The number of carboxylic acids is 1. The number of benzene rings is 1. The number of carbonyl (C=O) groups is 3. The number of aliphatic hydroxyl groups is 1. The molecule has 4 atom stereocenters. The van der Waals surface area contributed by atoms with Crippen molar-refractivity contribution in [1.29, 1.82) is 0 Å². The summed E-state index contributed by atoms with van der Waals surface area (Å²) >= 11 is 0. The van der Waals surface area contributed by atoms with Crippen molar-refractivity contribution in [2.45, 2.75) is 51.2 Å². The average molecular weight is 477 g/mol. The van der Waals surface area contributed by atoms with E-state index in [0.717, 1.165) is 45.9 Å². The predicted octanol–water partition coefficient (Wildman–Crippen LogP) is 1.93. The van der Waals surface area contributed by atoms with Crippen LogP contribution in [0.3, 0.4) is 0 Å². The number of likely N-dealkylation sites (tertiary alicyclic amines) is 1. The van der Waals surface area contributed by atoms with Crippen molar-refractivity contribution in [2.24, 2.45) is 17.8 Å². The molecule has 34 heavy (non-hydrogen) atoms. The summed E-state index contributed by atoms with van der Waals surface area (Å²) in [6, 6.07) is 6.86. The summed E-state index contributed by atoms with van der Waals surface area (Å²) in [7, 11) is 1.35. The van der Waals surface area contributed by atoms with E-state index in [2.05, 4.69) is 5.32 Å². The van der Waals surface area contributed by atoms with Gasteiger partial charge in [-0.15, -0.1) is 0 Å². The minimum absolute atomic E-state index is 0.258. The van der Waals surface area contributed by atoms with Crippen LogP contribution < -0.4 is 10.1 Å². The number of piperidine rings is 1. The maximum atomic E-state index is 12.8. The molecular weight excluding hydrogens is 440 g/mol. The monoisotopic (exact) mass is 476 g/mol. The highest BCUT2D eigenvalue weighted by Crippen LogP contribution is 2.38. The average Bonchev–Trinajstić information content (AvgIpc) is 3.22. The number of rotatable bonds is 5. The summed E-state index contributed by atoms with van der Waals surface area (Å²) in [5.41, 5.74) is 0.425. The summed E-state index contributed by atoms with van der Waals surface area (Å²) in [4.78, 5) is 35.6. The number of aliphatic carboxylic acids is 1. The van der Waals surface area contributed by atoms with Crippen molar-refractivity contribution >= 4 is 17.8 Å². The van der Waals surface area contributed by atoms with Gasteiger partial charge in [-0.2, -0.15) is 0 Å². The molecule has 188 valence electrons. The smallest absolute Gasteiger partial charge is 0.337 e. The molecule has 2 aliphatic heterocycles. The molecule has 9 nitrogen and oxygen atoms in total. The fourth-order valence-corrected chi connectivity index (χ4v) is 5.17. The fourth-order valence-electron chi connectivity index (χ4n) is 5.17.